The van der Waals surface area contributed by atoms with Crippen LogP contribution in [0.15, 0.2) is 24.4 Å². The Morgan fingerprint density at radius 1 is 1.30 bits per heavy atom. The molecule has 1 atom stereocenters. The zero-order chi connectivity index (χ0) is 18.4. The Balaban J connectivity index is 1.43. The maximum Gasteiger partial charge on any atom is 0.219 e. The van der Waals surface area contributed by atoms with Gasteiger partial charge in [0.2, 0.25) is 5.95 Å². The molecule has 140 valence electrons. The van der Waals surface area contributed by atoms with Gasteiger partial charge in [-0.25, -0.2) is 9.67 Å². The number of halogens is 1. The van der Waals surface area contributed by atoms with E-state index in [1.165, 1.54) is 19.3 Å². The van der Waals surface area contributed by atoms with E-state index in [9.17, 15) is 4.39 Å². The molecule has 2 aromatic heterocycles. The zero-order valence-corrected chi connectivity index (χ0v) is 15.2. The maximum absolute atomic E-state index is 14.2. The molecule has 7 heteroatoms. The van der Waals surface area contributed by atoms with E-state index in [1.807, 2.05) is 29.9 Å². The first-order chi connectivity index (χ1) is 13.2. The van der Waals surface area contributed by atoms with Crippen molar-refractivity contribution >= 4 is 10.9 Å². The highest BCUT2D eigenvalue weighted by molar-refractivity contribution is 5.84. The van der Waals surface area contributed by atoms with Crippen LogP contribution in [0.4, 0.5) is 4.39 Å². The van der Waals surface area contributed by atoms with E-state index in [0.29, 0.717) is 30.1 Å². The number of rotatable bonds is 4. The summed E-state index contributed by atoms with van der Waals surface area (Å²) in [5, 5.41) is 9.44. The molecule has 1 fully saturated rings. The molecule has 1 aliphatic heterocycles. The molecule has 27 heavy (non-hydrogen) atoms. The van der Waals surface area contributed by atoms with Crippen molar-refractivity contribution in [1.29, 1.82) is 0 Å². The molecule has 1 aromatic carbocycles. The second kappa shape index (κ2) is 6.56. The van der Waals surface area contributed by atoms with Gasteiger partial charge in [-0.15, -0.1) is 5.10 Å². The number of aromatic nitrogens is 4. The van der Waals surface area contributed by atoms with Gasteiger partial charge in [-0.2, -0.15) is 4.39 Å². The molecule has 5 rings (SSSR count). The SMILES string of the molecule is CC(Oc1ccc2nc(F)c3c(c2c1)CCOC3)c1cn(C2CCC2)nn1. The Kier molecular flexibility index (Phi) is 4.04. The average molecular weight is 368 g/mol. The van der Waals surface area contributed by atoms with Crippen LogP contribution in [0.3, 0.4) is 0 Å². The van der Waals surface area contributed by atoms with Gasteiger partial charge in [0.15, 0.2) is 0 Å². The van der Waals surface area contributed by atoms with Gasteiger partial charge >= 0.3 is 0 Å². The van der Waals surface area contributed by atoms with Crippen molar-refractivity contribution in [3.05, 3.63) is 47.2 Å². The minimum Gasteiger partial charge on any atom is -0.484 e. The lowest BCUT2D eigenvalue weighted by Gasteiger charge is -2.24. The monoisotopic (exact) mass is 368 g/mol. The van der Waals surface area contributed by atoms with Crippen LogP contribution in [-0.2, 0) is 17.8 Å². The molecule has 6 nitrogen and oxygen atoms in total. The number of nitrogens with zero attached hydrogens (tertiary/aromatic N) is 4. The molecule has 1 aliphatic carbocycles. The summed E-state index contributed by atoms with van der Waals surface area (Å²) >= 11 is 0. The maximum atomic E-state index is 14.2. The highest BCUT2D eigenvalue weighted by Gasteiger charge is 2.23. The average Bonchev–Trinajstić information content (AvgIpc) is 3.11. The first-order valence-corrected chi connectivity index (χ1v) is 9.46. The summed E-state index contributed by atoms with van der Waals surface area (Å²) in [7, 11) is 0. The van der Waals surface area contributed by atoms with Gasteiger partial charge in [0, 0.05) is 10.9 Å². The normalized spacial score (nSPS) is 18.1. The van der Waals surface area contributed by atoms with Crippen LogP contribution in [0.25, 0.3) is 10.9 Å². The molecular formula is C20H21FN4O2. The van der Waals surface area contributed by atoms with Crippen molar-refractivity contribution in [1.82, 2.24) is 20.0 Å². The predicted molar refractivity (Wildman–Crippen MR) is 97.0 cm³/mol. The molecule has 0 amide bonds. The van der Waals surface area contributed by atoms with E-state index >= 15 is 0 Å². The third kappa shape index (κ3) is 2.96. The number of benzene rings is 1. The van der Waals surface area contributed by atoms with E-state index in [4.69, 9.17) is 9.47 Å². The fraction of sp³-hybridized carbons (Fsp3) is 0.450. The van der Waals surface area contributed by atoms with Crippen LogP contribution in [0.2, 0.25) is 0 Å². The Morgan fingerprint density at radius 3 is 3.00 bits per heavy atom. The van der Waals surface area contributed by atoms with Gasteiger partial charge in [0.05, 0.1) is 31.0 Å². The molecule has 0 spiro atoms. The lowest BCUT2D eigenvalue weighted by molar-refractivity contribution is 0.107. The van der Waals surface area contributed by atoms with Gasteiger partial charge < -0.3 is 9.47 Å². The van der Waals surface area contributed by atoms with Gasteiger partial charge in [-0.1, -0.05) is 5.21 Å². The Morgan fingerprint density at radius 2 is 2.19 bits per heavy atom. The van der Waals surface area contributed by atoms with Crippen molar-refractivity contribution < 1.29 is 13.9 Å². The number of pyridine rings is 1. The van der Waals surface area contributed by atoms with Crippen LogP contribution >= 0.6 is 0 Å². The second-order valence-electron chi connectivity index (χ2n) is 7.31. The van der Waals surface area contributed by atoms with Gasteiger partial charge in [-0.05, 0) is 56.4 Å². The lowest BCUT2D eigenvalue weighted by atomic mass is 9.93. The van der Waals surface area contributed by atoms with Crippen LogP contribution in [0.5, 0.6) is 5.75 Å². The van der Waals surface area contributed by atoms with Crippen molar-refractivity contribution in [2.75, 3.05) is 6.61 Å². The largest absolute Gasteiger partial charge is 0.484 e. The van der Waals surface area contributed by atoms with E-state index in [2.05, 4.69) is 15.3 Å². The summed E-state index contributed by atoms with van der Waals surface area (Å²) in [4.78, 5) is 4.08. The fourth-order valence-corrected chi connectivity index (χ4v) is 3.74. The summed E-state index contributed by atoms with van der Waals surface area (Å²) in [6.07, 6.45) is 6.03. The molecule has 0 bridgehead atoms. The van der Waals surface area contributed by atoms with E-state index in [1.54, 1.807) is 6.07 Å². The van der Waals surface area contributed by atoms with E-state index in [-0.39, 0.29) is 12.7 Å². The summed E-state index contributed by atoms with van der Waals surface area (Å²) in [5.41, 5.74) is 2.99. The molecule has 3 aromatic rings. The lowest BCUT2D eigenvalue weighted by Crippen LogP contribution is -2.17. The predicted octanol–water partition coefficient (Wildman–Crippen LogP) is 3.90. The van der Waals surface area contributed by atoms with Crippen LogP contribution < -0.4 is 4.74 Å². The molecule has 3 heterocycles. The minimum absolute atomic E-state index is 0.219. The summed E-state index contributed by atoms with van der Waals surface area (Å²) in [5.74, 6) is 0.280. The zero-order valence-electron chi connectivity index (χ0n) is 15.2. The molecule has 0 radical (unpaired) electrons. The third-order valence-corrected chi connectivity index (χ3v) is 5.57. The highest BCUT2D eigenvalue weighted by atomic mass is 19.1. The van der Waals surface area contributed by atoms with Crippen LogP contribution in [0.1, 0.15) is 55.2 Å². The highest BCUT2D eigenvalue weighted by Crippen LogP contribution is 2.33. The van der Waals surface area contributed by atoms with Crippen molar-refractivity contribution in [3.8, 4) is 5.75 Å². The molecule has 2 aliphatic rings. The topological polar surface area (TPSA) is 62.1 Å². The third-order valence-electron chi connectivity index (χ3n) is 5.57. The number of hydrogen-bond donors (Lipinski definition) is 0. The van der Waals surface area contributed by atoms with Crippen molar-refractivity contribution in [3.63, 3.8) is 0 Å². The van der Waals surface area contributed by atoms with Crippen LogP contribution in [0, 0.1) is 5.95 Å². The Labute approximate surface area is 156 Å². The summed E-state index contributed by atoms with van der Waals surface area (Å²) in [6, 6.07) is 6.06. The summed E-state index contributed by atoms with van der Waals surface area (Å²) in [6.45, 7) is 2.83. The molecular weight excluding hydrogens is 347 g/mol. The number of fused-ring (bicyclic) bond motifs is 3. The molecule has 0 N–H and O–H groups in total. The van der Waals surface area contributed by atoms with Gasteiger partial charge in [0.1, 0.15) is 17.5 Å². The second-order valence-corrected chi connectivity index (χ2v) is 7.31. The Hall–Kier alpha value is -2.54. The Bertz CT molecular complexity index is 999. The standard InChI is InChI=1S/C20H21FN4O2/c1-12(19-10-25(24-23-19)13-3-2-4-13)27-14-5-6-18-16(9-14)15-7-8-26-11-17(15)20(21)22-18/h5-6,9-10,12-13H,2-4,7-8,11H2,1H3. The number of ether oxygens (including phenoxy) is 2. The molecule has 0 saturated heterocycles. The molecule has 1 unspecified atom stereocenters. The van der Waals surface area contributed by atoms with E-state index in [0.717, 1.165) is 22.4 Å². The first-order valence-electron chi connectivity index (χ1n) is 9.46. The van der Waals surface area contributed by atoms with Crippen LogP contribution in [-0.4, -0.2) is 26.6 Å². The molecule has 1 saturated carbocycles. The number of hydrogen-bond acceptors (Lipinski definition) is 5. The summed E-state index contributed by atoms with van der Waals surface area (Å²) < 4.78 is 27.6. The van der Waals surface area contributed by atoms with Crippen molar-refractivity contribution in [2.24, 2.45) is 0 Å². The quantitative estimate of drug-likeness (QED) is 0.654. The van der Waals surface area contributed by atoms with Crippen molar-refractivity contribution in [2.45, 2.75) is 51.4 Å². The first kappa shape index (κ1) is 16.6. The van der Waals surface area contributed by atoms with Gasteiger partial charge in [0.25, 0.3) is 0 Å². The fourth-order valence-electron chi connectivity index (χ4n) is 3.74. The van der Waals surface area contributed by atoms with Gasteiger partial charge in [-0.3, -0.25) is 0 Å². The minimum atomic E-state index is -0.438. The smallest absolute Gasteiger partial charge is 0.219 e. The van der Waals surface area contributed by atoms with E-state index < -0.39 is 5.95 Å².